The van der Waals surface area contributed by atoms with Gasteiger partial charge in [-0.3, -0.25) is 0 Å². The summed E-state index contributed by atoms with van der Waals surface area (Å²) in [6.45, 7) is 0. The lowest BCUT2D eigenvalue weighted by Gasteiger charge is -1.61. The Hall–Kier alpha value is 0.360. The summed E-state index contributed by atoms with van der Waals surface area (Å²) in [5.74, 6) is 0. The maximum Gasteiger partial charge on any atom is 0.115 e. The molecule has 1 aromatic heterocycles. The third-order valence-corrected chi connectivity index (χ3v) is 1.89. The minimum atomic E-state index is 1.08. The van der Waals surface area contributed by atoms with Crippen LogP contribution in [0.3, 0.4) is 0 Å². The van der Waals surface area contributed by atoms with E-state index in [1.165, 1.54) is 11.5 Å². The molecule has 0 aliphatic rings. The lowest BCUT2D eigenvalue weighted by Crippen LogP contribution is -1.55. The largest absolute Gasteiger partial charge is 0.187 e. The molecule has 0 saturated carbocycles. The molecular formula is C3H2INS. The number of aromatic nitrogens is 1. The van der Waals surface area contributed by atoms with Gasteiger partial charge in [0.15, 0.2) is 0 Å². The molecule has 0 atom stereocenters. The van der Waals surface area contributed by atoms with Crippen LogP contribution >= 0.6 is 34.1 Å². The van der Waals surface area contributed by atoms with Gasteiger partial charge in [0.1, 0.15) is 3.70 Å². The van der Waals surface area contributed by atoms with E-state index in [0.717, 1.165) is 3.70 Å². The Bertz CT molecular complexity index is 114. The number of nitrogens with zero attached hydrogens (tertiary/aromatic N) is 1. The molecule has 0 bridgehead atoms. The first-order chi connectivity index (χ1) is 2.89. The van der Waals surface area contributed by atoms with Crippen molar-refractivity contribution in [1.82, 2.24) is 4.37 Å². The molecule has 0 aliphatic heterocycles. The van der Waals surface area contributed by atoms with Gasteiger partial charge in [-0.25, -0.2) is 0 Å². The Balaban J connectivity index is 3.05. The number of hydrogen-bond donors (Lipinski definition) is 0. The van der Waals surface area contributed by atoms with Crippen molar-refractivity contribution in [3.8, 4) is 0 Å². The summed E-state index contributed by atoms with van der Waals surface area (Å²) in [6.07, 6.45) is 0. The van der Waals surface area contributed by atoms with E-state index < -0.39 is 0 Å². The van der Waals surface area contributed by atoms with Gasteiger partial charge in [0.25, 0.3) is 0 Å². The first kappa shape index (κ1) is 4.52. The molecular weight excluding hydrogens is 209 g/mol. The van der Waals surface area contributed by atoms with Gasteiger partial charge in [-0.1, -0.05) is 0 Å². The average Bonchev–Trinajstić information content (AvgIpc) is 1.86. The lowest BCUT2D eigenvalue weighted by atomic mass is 10.8. The minimum Gasteiger partial charge on any atom is -0.187 e. The fourth-order valence-electron chi connectivity index (χ4n) is 0.198. The zero-order chi connectivity index (χ0) is 4.41. The van der Waals surface area contributed by atoms with Crippen molar-refractivity contribution in [2.24, 2.45) is 0 Å². The lowest BCUT2D eigenvalue weighted by molar-refractivity contribution is 1.49. The molecule has 0 amide bonds. The monoisotopic (exact) mass is 211 g/mol. The molecule has 0 fully saturated rings. The van der Waals surface area contributed by atoms with Gasteiger partial charge >= 0.3 is 0 Å². The molecule has 32 valence electrons. The molecule has 0 radical (unpaired) electrons. The van der Waals surface area contributed by atoms with E-state index in [1.807, 2.05) is 11.4 Å². The Morgan fingerprint density at radius 3 is 2.83 bits per heavy atom. The molecule has 1 rings (SSSR count). The van der Waals surface area contributed by atoms with E-state index in [1.54, 1.807) is 0 Å². The molecule has 0 aliphatic carbocycles. The van der Waals surface area contributed by atoms with Crippen molar-refractivity contribution in [2.45, 2.75) is 0 Å². The Morgan fingerprint density at radius 2 is 2.67 bits per heavy atom. The van der Waals surface area contributed by atoms with Crippen molar-refractivity contribution in [2.75, 3.05) is 0 Å². The zero-order valence-corrected chi connectivity index (χ0v) is 5.86. The van der Waals surface area contributed by atoms with Crippen LogP contribution in [-0.2, 0) is 0 Å². The molecule has 0 spiro atoms. The molecule has 1 heterocycles. The second-order valence-corrected chi connectivity index (χ2v) is 2.59. The van der Waals surface area contributed by atoms with E-state index in [2.05, 4.69) is 27.0 Å². The fraction of sp³-hybridized carbons (Fsp3) is 0. The van der Waals surface area contributed by atoms with Gasteiger partial charge in [0, 0.05) is 5.38 Å². The number of hydrogen-bond acceptors (Lipinski definition) is 2. The standard InChI is InChI=1S/C3H2INS/c4-3-1-2-6-5-3/h1-2H. The van der Waals surface area contributed by atoms with Crippen molar-refractivity contribution in [3.05, 3.63) is 15.1 Å². The van der Waals surface area contributed by atoms with Crippen LogP contribution < -0.4 is 0 Å². The Labute approximate surface area is 53.7 Å². The van der Waals surface area contributed by atoms with Gasteiger partial charge in [0.2, 0.25) is 0 Å². The van der Waals surface area contributed by atoms with E-state index in [9.17, 15) is 0 Å². The smallest absolute Gasteiger partial charge is 0.115 e. The topological polar surface area (TPSA) is 12.9 Å². The highest BCUT2D eigenvalue weighted by Crippen LogP contribution is 2.00. The van der Waals surface area contributed by atoms with Gasteiger partial charge in [-0.2, -0.15) is 4.37 Å². The zero-order valence-electron chi connectivity index (χ0n) is 2.89. The quantitative estimate of drug-likeness (QED) is 0.595. The van der Waals surface area contributed by atoms with Gasteiger partial charge < -0.3 is 0 Å². The second kappa shape index (κ2) is 1.88. The summed E-state index contributed by atoms with van der Waals surface area (Å²) < 4.78 is 5.03. The van der Waals surface area contributed by atoms with E-state index in [4.69, 9.17) is 0 Å². The third kappa shape index (κ3) is 0.909. The van der Waals surface area contributed by atoms with Crippen LogP contribution in [0.15, 0.2) is 11.4 Å². The van der Waals surface area contributed by atoms with Crippen LogP contribution in [0.1, 0.15) is 0 Å². The SMILES string of the molecule is Ic1ccsn1. The highest BCUT2D eigenvalue weighted by Gasteiger charge is 1.78. The van der Waals surface area contributed by atoms with Crippen LogP contribution in [0.2, 0.25) is 0 Å². The minimum absolute atomic E-state index is 1.08. The molecule has 0 unspecified atom stereocenters. The summed E-state index contributed by atoms with van der Waals surface area (Å²) in [5, 5.41) is 1.96. The Morgan fingerprint density at radius 1 is 1.83 bits per heavy atom. The second-order valence-electron chi connectivity index (χ2n) is 0.822. The van der Waals surface area contributed by atoms with Crippen LogP contribution in [0.4, 0.5) is 0 Å². The van der Waals surface area contributed by atoms with Gasteiger partial charge in [0.05, 0.1) is 0 Å². The van der Waals surface area contributed by atoms with Crippen molar-refractivity contribution in [3.63, 3.8) is 0 Å². The molecule has 0 saturated heterocycles. The normalized spacial score (nSPS) is 8.83. The van der Waals surface area contributed by atoms with Crippen LogP contribution in [0, 0.1) is 3.70 Å². The third-order valence-electron chi connectivity index (χ3n) is 0.406. The summed E-state index contributed by atoms with van der Waals surface area (Å²) in [6, 6.07) is 1.98. The summed E-state index contributed by atoms with van der Waals surface area (Å²) in [7, 11) is 0. The maximum atomic E-state index is 3.94. The summed E-state index contributed by atoms with van der Waals surface area (Å²) >= 11 is 3.66. The molecule has 1 nitrogen and oxygen atoms in total. The predicted octanol–water partition coefficient (Wildman–Crippen LogP) is 1.75. The summed E-state index contributed by atoms with van der Waals surface area (Å²) in [4.78, 5) is 0. The molecule has 1 aromatic rings. The highest BCUT2D eigenvalue weighted by atomic mass is 127. The van der Waals surface area contributed by atoms with Crippen molar-refractivity contribution >= 4 is 34.1 Å². The average molecular weight is 211 g/mol. The first-order valence-electron chi connectivity index (χ1n) is 1.45. The number of halogens is 1. The van der Waals surface area contributed by atoms with Crippen LogP contribution in [0.5, 0.6) is 0 Å². The molecule has 0 N–H and O–H groups in total. The highest BCUT2D eigenvalue weighted by molar-refractivity contribution is 14.1. The van der Waals surface area contributed by atoms with E-state index in [0.29, 0.717) is 0 Å². The van der Waals surface area contributed by atoms with Gasteiger partial charge in [-0.05, 0) is 40.2 Å². The predicted molar refractivity (Wildman–Crippen MR) is 34.8 cm³/mol. The fourth-order valence-corrected chi connectivity index (χ4v) is 1.37. The first-order valence-corrected chi connectivity index (χ1v) is 3.37. The molecule has 0 aromatic carbocycles. The molecule has 3 heteroatoms. The van der Waals surface area contributed by atoms with Crippen molar-refractivity contribution < 1.29 is 0 Å². The van der Waals surface area contributed by atoms with E-state index in [-0.39, 0.29) is 0 Å². The van der Waals surface area contributed by atoms with E-state index >= 15 is 0 Å². The maximum absolute atomic E-state index is 3.94. The van der Waals surface area contributed by atoms with Gasteiger partial charge in [-0.15, -0.1) is 0 Å². The van der Waals surface area contributed by atoms with Crippen molar-refractivity contribution in [1.29, 1.82) is 0 Å². The Kier molecular flexibility index (Phi) is 1.42. The van der Waals surface area contributed by atoms with Crippen LogP contribution in [0.25, 0.3) is 0 Å². The number of rotatable bonds is 0. The summed E-state index contributed by atoms with van der Waals surface area (Å²) in [5.41, 5.74) is 0. The molecule has 6 heavy (non-hydrogen) atoms. The van der Waals surface area contributed by atoms with Crippen LogP contribution in [-0.4, -0.2) is 4.37 Å².